The number of allylic oxidation sites excluding steroid dienone is 1. The van der Waals surface area contributed by atoms with Gasteiger partial charge in [0.2, 0.25) is 0 Å². The Bertz CT molecular complexity index is 1090. The molecule has 35 heavy (non-hydrogen) atoms. The summed E-state index contributed by atoms with van der Waals surface area (Å²) in [6.45, 7) is 3.86. The minimum absolute atomic E-state index is 0.0480. The molecule has 6 nitrogen and oxygen atoms in total. The van der Waals surface area contributed by atoms with Crippen LogP contribution in [-0.2, 0) is 30.2 Å². The van der Waals surface area contributed by atoms with E-state index in [2.05, 4.69) is 4.74 Å². The van der Waals surface area contributed by atoms with Crippen LogP contribution in [0.1, 0.15) is 49.7 Å². The van der Waals surface area contributed by atoms with E-state index < -0.39 is 38.0 Å². The summed E-state index contributed by atoms with van der Waals surface area (Å²) in [6, 6.07) is 14.2. The number of benzene rings is 2. The first kappa shape index (κ1) is 28.9. The Kier molecular flexibility index (Phi) is 11.8. The van der Waals surface area contributed by atoms with Crippen molar-refractivity contribution in [3.05, 3.63) is 71.8 Å². The molecule has 0 saturated heterocycles. The molecule has 0 radical (unpaired) electrons. The Hall–Kier alpha value is -2.29. The van der Waals surface area contributed by atoms with Gasteiger partial charge in [-0.2, -0.15) is 0 Å². The number of unbranched alkanes of at least 4 members (excludes halogenated alkanes) is 1. The van der Waals surface area contributed by atoms with Crippen molar-refractivity contribution in [3.63, 3.8) is 0 Å². The number of hydrogen-bond acceptors (Lipinski definition) is 6. The third-order valence-electron chi connectivity index (χ3n) is 5.79. The molecule has 0 saturated carbocycles. The van der Waals surface area contributed by atoms with Crippen LogP contribution in [0.4, 0.5) is 0 Å². The highest BCUT2D eigenvalue weighted by molar-refractivity contribution is 7.92. The number of ether oxygens (including phenoxy) is 1. The Morgan fingerprint density at radius 1 is 1.00 bits per heavy atom. The molecule has 2 unspecified atom stereocenters. The second-order valence-electron chi connectivity index (χ2n) is 8.71. The van der Waals surface area contributed by atoms with E-state index >= 15 is 0 Å². The van der Waals surface area contributed by atoms with Gasteiger partial charge in [-0.3, -0.25) is 9.00 Å². The van der Waals surface area contributed by atoms with E-state index in [1.54, 1.807) is 24.3 Å². The van der Waals surface area contributed by atoms with Crippen molar-refractivity contribution < 1.29 is 27.3 Å². The molecule has 0 aromatic heterocycles. The highest BCUT2D eigenvalue weighted by atomic mass is 32.2. The molecule has 0 spiro atoms. The van der Waals surface area contributed by atoms with E-state index in [1.165, 1.54) is 7.11 Å². The molecule has 1 N–H and O–H groups in total. The van der Waals surface area contributed by atoms with Gasteiger partial charge in [-0.15, -0.1) is 0 Å². The smallest absolute Gasteiger partial charge is 0.305 e. The molecular formula is C27H36O6S2. The standard InChI is InChI=1S/C27H36O6S2/c1-21-10-14-24(15-11-21)34(30)20-23(28)8-6-4-5-7-9-25(18-19-27(29)33-3)35(31,32)26-16-12-22(2)13-17-26/h4,6,10-17,23,25,28H,5,7-9,18-20H2,1-3H3/b6-4+/t23-,25?,34?/m1/s1. The third kappa shape index (κ3) is 9.70. The molecule has 0 amide bonds. The van der Waals surface area contributed by atoms with Gasteiger partial charge in [-0.25, -0.2) is 8.42 Å². The summed E-state index contributed by atoms with van der Waals surface area (Å²) in [4.78, 5) is 12.6. The van der Waals surface area contributed by atoms with Crippen LogP contribution in [0.5, 0.6) is 0 Å². The summed E-state index contributed by atoms with van der Waals surface area (Å²) >= 11 is 0. The Morgan fingerprint density at radius 3 is 2.20 bits per heavy atom. The number of carbonyl (C=O) groups is 1. The fraction of sp³-hybridized carbons (Fsp3) is 0.444. The first-order chi connectivity index (χ1) is 16.6. The van der Waals surface area contributed by atoms with Crippen LogP contribution < -0.4 is 0 Å². The molecule has 8 heteroatoms. The molecule has 0 heterocycles. The lowest BCUT2D eigenvalue weighted by atomic mass is 10.1. The highest BCUT2D eigenvalue weighted by Crippen LogP contribution is 2.24. The number of methoxy groups -OCH3 is 1. The molecule has 0 aliphatic carbocycles. The van der Waals surface area contributed by atoms with Crippen LogP contribution in [0.15, 0.2) is 70.5 Å². The lowest BCUT2D eigenvalue weighted by molar-refractivity contribution is -0.140. The maximum atomic E-state index is 13.2. The second kappa shape index (κ2) is 14.3. The van der Waals surface area contributed by atoms with Crippen LogP contribution >= 0.6 is 0 Å². The average molecular weight is 521 g/mol. The molecule has 0 aliphatic heterocycles. The molecule has 2 rings (SSSR count). The van der Waals surface area contributed by atoms with Gasteiger partial charge in [0.15, 0.2) is 9.84 Å². The van der Waals surface area contributed by atoms with Crippen molar-refractivity contribution in [2.24, 2.45) is 0 Å². The second-order valence-corrected chi connectivity index (χ2v) is 12.4. The number of esters is 1. The maximum Gasteiger partial charge on any atom is 0.305 e. The predicted octanol–water partition coefficient (Wildman–Crippen LogP) is 4.68. The average Bonchev–Trinajstić information content (AvgIpc) is 2.83. The molecule has 192 valence electrons. The van der Waals surface area contributed by atoms with Gasteiger partial charge in [0.05, 0.1) is 39.9 Å². The van der Waals surface area contributed by atoms with Crippen molar-refractivity contribution in [2.45, 2.75) is 73.5 Å². The van der Waals surface area contributed by atoms with Crippen molar-refractivity contribution >= 4 is 26.6 Å². The maximum absolute atomic E-state index is 13.2. The SMILES string of the molecule is COC(=O)CCC(CCC/C=C/C[C@@H](O)CS(=O)c1ccc(C)cc1)S(=O)(=O)c1ccc(C)cc1. The number of sulfone groups is 1. The van der Waals surface area contributed by atoms with Gasteiger partial charge in [0, 0.05) is 11.3 Å². The molecule has 0 fully saturated rings. The third-order valence-corrected chi connectivity index (χ3v) is 9.55. The van der Waals surface area contributed by atoms with Gasteiger partial charge in [0.1, 0.15) is 0 Å². The number of aliphatic hydroxyl groups is 1. The molecular weight excluding hydrogens is 484 g/mol. The van der Waals surface area contributed by atoms with Crippen LogP contribution in [0, 0.1) is 13.8 Å². The normalized spacial score (nSPS) is 14.5. The van der Waals surface area contributed by atoms with Crippen molar-refractivity contribution in [1.29, 1.82) is 0 Å². The molecule has 0 bridgehead atoms. The molecule has 3 atom stereocenters. The zero-order valence-electron chi connectivity index (χ0n) is 20.7. The number of hydrogen-bond donors (Lipinski definition) is 1. The summed E-state index contributed by atoms with van der Waals surface area (Å²) in [5.74, 6) is -0.261. The van der Waals surface area contributed by atoms with E-state index in [4.69, 9.17) is 0 Å². The topological polar surface area (TPSA) is 97.7 Å². The van der Waals surface area contributed by atoms with E-state index in [-0.39, 0.29) is 23.5 Å². The lowest BCUT2D eigenvalue weighted by Gasteiger charge is -2.17. The minimum Gasteiger partial charge on any atom is -0.469 e. The summed E-state index contributed by atoms with van der Waals surface area (Å²) in [5, 5.41) is 9.53. The van der Waals surface area contributed by atoms with Gasteiger partial charge < -0.3 is 9.84 Å². The van der Waals surface area contributed by atoms with Crippen LogP contribution in [0.25, 0.3) is 0 Å². The largest absolute Gasteiger partial charge is 0.469 e. The summed E-state index contributed by atoms with van der Waals surface area (Å²) in [6.07, 6.45) is 5.35. The number of rotatable bonds is 14. The first-order valence-electron chi connectivity index (χ1n) is 11.8. The Morgan fingerprint density at radius 2 is 1.60 bits per heavy atom. The zero-order valence-corrected chi connectivity index (χ0v) is 22.3. The summed E-state index contributed by atoms with van der Waals surface area (Å²) < 4.78 is 43.4. The van der Waals surface area contributed by atoms with E-state index in [9.17, 15) is 22.5 Å². The molecule has 0 aliphatic rings. The number of aryl methyl sites for hydroxylation is 2. The molecule has 2 aromatic rings. The fourth-order valence-electron chi connectivity index (χ4n) is 3.62. The highest BCUT2D eigenvalue weighted by Gasteiger charge is 2.27. The van der Waals surface area contributed by atoms with Gasteiger partial charge >= 0.3 is 5.97 Å². The van der Waals surface area contributed by atoms with Crippen LogP contribution in [0.2, 0.25) is 0 Å². The fourth-order valence-corrected chi connectivity index (χ4v) is 6.54. The Labute approximate surface area is 211 Å². The van der Waals surface area contributed by atoms with Crippen LogP contribution in [0.3, 0.4) is 0 Å². The number of aliphatic hydroxyl groups excluding tert-OH is 1. The van der Waals surface area contributed by atoms with Gasteiger partial charge in [-0.1, -0.05) is 47.5 Å². The summed E-state index contributed by atoms with van der Waals surface area (Å²) in [7, 11) is -3.55. The van der Waals surface area contributed by atoms with Crippen molar-refractivity contribution in [2.75, 3.05) is 12.9 Å². The van der Waals surface area contributed by atoms with Crippen LogP contribution in [-0.4, -0.2) is 47.9 Å². The quantitative estimate of drug-likeness (QED) is 0.221. The zero-order chi connectivity index (χ0) is 25.8. The predicted molar refractivity (Wildman–Crippen MR) is 139 cm³/mol. The van der Waals surface area contributed by atoms with Gasteiger partial charge in [0.25, 0.3) is 0 Å². The number of carbonyl (C=O) groups excluding carboxylic acids is 1. The van der Waals surface area contributed by atoms with E-state index in [0.717, 1.165) is 11.1 Å². The van der Waals surface area contributed by atoms with E-state index in [1.807, 2.05) is 50.3 Å². The minimum atomic E-state index is -3.58. The first-order valence-corrected chi connectivity index (χ1v) is 14.7. The van der Waals surface area contributed by atoms with Gasteiger partial charge in [-0.05, 0) is 70.2 Å². The van der Waals surface area contributed by atoms with Crippen molar-refractivity contribution in [1.82, 2.24) is 0 Å². The van der Waals surface area contributed by atoms with E-state index in [0.29, 0.717) is 30.6 Å². The lowest BCUT2D eigenvalue weighted by Crippen LogP contribution is -2.23. The summed E-state index contributed by atoms with van der Waals surface area (Å²) in [5.41, 5.74) is 2.07. The molecule has 2 aromatic carbocycles. The van der Waals surface area contributed by atoms with Crippen molar-refractivity contribution in [3.8, 4) is 0 Å². The monoisotopic (exact) mass is 520 g/mol. The Balaban J connectivity index is 1.86.